The number of pyridine rings is 6. The molecule has 22 nitrogen and oxygen atoms in total. The van der Waals surface area contributed by atoms with Gasteiger partial charge in [-0.1, -0.05) is 145 Å². The highest BCUT2D eigenvalue weighted by molar-refractivity contribution is 9.10. The zero-order chi connectivity index (χ0) is 77.8. The number of nitrogens with one attached hydrogen (secondary N) is 1. The number of ketones is 2. The lowest BCUT2D eigenvalue weighted by Gasteiger charge is -2.25. The molecule has 9 rings (SSSR count). The second kappa shape index (κ2) is 41.0. The number of methoxy groups -OCH3 is 2. The van der Waals surface area contributed by atoms with E-state index in [1.54, 1.807) is 18.2 Å². The molecule has 0 saturated heterocycles. The molecule has 45 heteroatoms. The van der Waals surface area contributed by atoms with Crippen molar-refractivity contribution in [3.8, 4) is 0 Å². The number of halogens is 20. The molecule has 0 unspecified atom stereocenters. The van der Waals surface area contributed by atoms with Gasteiger partial charge in [-0.25, -0.2) is 68.8 Å². The quantitative estimate of drug-likeness (QED) is 0.0259. The van der Waals surface area contributed by atoms with E-state index in [4.69, 9.17) is 119 Å². The van der Waals surface area contributed by atoms with Crippen LogP contribution in [0.2, 0.25) is 45.6 Å². The number of rotatable bonds is 19. The first-order chi connectivity index (χ1) is 48.4. The average molecular weight is 1840 g/mol. The van der Waals surface area contributed by atoms with Gasteiger partial charge in [-0.05, 0) is 125 Å². The zero-order valence-electron chi connectivity index (χ0n) is 52.5. The highest BCUT2D eigenvalue weighted by atomic mass is 79.9. The van der Waals surface area contributed by atoms with Gasteiger partial charge in [0.2, 0.25) is 11.6 Å². The van der Waals surface area contributed by atoms with Crippen LogP contribution in [0.5, 0.6) is 0 Å². The van der Waals surface area contributed by atoms with Crippen molar-refractivity contribution < 1.29 is 93.5 Å². The third kappa shape index (κ3) is 25.4. The van der Waals surface area contributed by atoms with Crippen molar-refractivity contribution in [3.63, 3.8) is 0 Å². The van der Waals surface area contributed by atoms with Crippen molar-refractivity contribution in [1.82, 2.24) is 35.0 Å². The van der Waals surface area contributed by atoms with E-state index < -0.39 is 126 Å². The number of hydrogen-bond acceptors (Lipinski definition) is 18. The molecule has 586 valence electrons. The predicted molar refractivity (Wildman–Crippen MR) is 400 cm³/mol. The number of amides is 1. The van der Waals surface area contributed by atoms with Gasteiger partial charge < -0.3 is 9.47 Å². The number of hydrogen-bond donors (Lipinski definition) is 1. The van der Waals surface area contributed by atoms with Crippen LogP contribution in [-0.4, -0.2) is 120 Å². The fourth-order valence-electron chi connectivity index (χ4n) is 8.04. The Morgan fingerprint density at radius 1 is 0.472 bits per heavy atom. The van der Waals surface area contributed by atoms with Gasteiger partial charge in [-0.2, -0.15) is 39.5 Å². The number of ether oxygens (including phenoxy) is 2. The molecule has 0 spiro atoms. The van der Waals surface area contributed by atoms with Gasteiger partial charge >= 0.3 is 18.5 Å². The summed E-state index contributed by atoms with van der Waals surface area (Å²) in [5, 5.41) is -0.516. The monoisotopic (exact) mass is 1840 g/mol. The minimum Gasteiger partial charge on any atom is -0.363 e. The molecule has 0 radical (unpaired) electrons. The van der Waals surface area contributed by atoms with Crippen LogP contribution in [0.3, 0.4) is 0 Å². The summed E-state index contributed by atoms with van der Waals surface area (Å²) in [6, 6.07) is 23.2. The van der Waals surface area contributed by atoms with Gasteiger partial charge in [-0.3, -0.25) is 23.9 Å². The van der Waals surface area contributed by atoms with E-state index in [1.807, 2.05) is 4.72 Å². The maximum atomic E-state index is 13.4. The van der Waals surface area contributed by atoms with E-state index in [0.29, 0.717) is 22.5 Å². The normalized spacial score (nSPS) is 11.3. The Morgan fingerprint density at radius 3 is 1.21 bits per heavy atom. The minimum absolute atomic E-state index is 0. The van der Waals surface area contributed by atoms with Gasteiger partial charge in [0, 0.05) is 39.9 Å². The maximum absolute atomic E-state index is 13.4. The molecule has 108 heavy (non-hydrogen) atoms. The Balaban J connectivity index is 0.000000502. The predicted octanol–water partition coefficient (Wildman–Crippen LogP) is 19.6. The summed E-state index contributed by atoms with van der Waals surface area (Å²) in [6.07, 6.45) is -11.1. The Kier molecular flexibility index (Phi) is 36.9. The molecule has 1 amide bonds. The molecule has 0 saturated carbocycles. The van der Waals surface area contributed by atoms with Crippen LogP contribution >= 0.6 is 133 Å². The second-order valence-corrected chi connectivity index (χ2v) is 29.6. The van der Waals surface area contributed by atoms with Crippen LogP contribution in [-0.2, 0) is 62.9 Å². The summed E-state index contributed by atoms with van der Waals surface area (Å²) in [7, 11) is -8.44. The van der Waals surface area contributed by atoms with E-state index in [9.17, 15) is 79.2 Å². The number of hydroxylamine groups is 2. The van der Waals surface area contributed by atoms with E-state index in [0.717, 1.165) is 77.4 Å². The van der Waals surface area contributed by atoms with Crippen molar-refractivity contribution in [2.24, 2.45) is 0 Å². The van der Waals surface area contributed by atoms with Crippen LogP contribution in [0, 0.1) is 0 Å². The Morgan fingerprint density at radius 2 is 0.815 bits per heavy atom. The third-order valence-electron chi connectivity index (χ3n) is 12.8. The largest absolute Gasteiger partial charge is 0.417 e. The summed E-state index contributed by atoms with van der Waals surface area (Å²) in [4.78, 5) is 63.1. The van der Waals surface area contributed by atoms with Crippen molar-refractivity contribution >= 4 is 197 Å². The van der Waals surface area contributed by atoms with Crippen molar-refractivity contribution in [2.75, 3.05) is 55.2 Å². The molecule has 0 aliphatic heterocycles. The second-order valence-electron chi connectivity index (χ2n) is 19.8. The zero-order valence-corrected chi connectivity index (χ0v) is 64.2. The van der Waals surface area contributed by atoms with Crippen LogP contribution in [0.25, 0.3) is 0 Å². The minimum atomic E-state index is -4.91. The summed E-state index contributed by atoms with van der Waals surface area (Å²) in [5.74, 6) is -1.92. The van der Waals surface area contributed by atoms with Crippen molar-refractivity contribution in [3.05, 3.63) is 241 Å². The summed E-state index contributed by atoms with van der Waals surface area (Å²) >= 11 is 54.7. The molecule has 9 aromatic rings. The molecule has 0 atom stereocenters. The van der Waals surface area contributed by atoms with Gasteiger partial charge in [0.05, 0.1) is 85.7 Å². The molecule has 6 heterocycles. The summed E-state index contributed by atoms with van der Waals surface area (Å²) in [6.45, 7) is -1.16. The smallest absolute Gasteiger partial charge is 0.363 e. The van der Waals surface area contributed by atoms with Gasteiger partial charge in [0.15, 0.2) is 0 Å². The van der Waals surface area contributed by atoms with E-state index >= 15 is 0 Å². The first-order valence-electron chi connectivity index (χ1n) is 27.5. The van der Waals surface area contributed by atoms with Crippen LogP contribution in [0.15, 0.2) is 165 Å². The first kappa shape index (κ1) is 97.3. The molecule has 6 aromatic heterocycles. The lowest BCUT2D eigenvalue weighted by Crippen LogP contribution is -2.34. The topological polar surface area (TPSA) is 280 Å². The van der Waals surface area contributed by atoms with Crippen molar-refractivity contribution in [2.45, 2.75) is 55.5 Å². The average Bonchev–Trinajstić information content (AvgIpc) is 0.773. The molecular weight excluding hydrogens is 1790 g/mol. The van der Waals surface area contributed by atoms with Gasteiger partial charge in [0.25, 0.3) is 36.0 Å². The number of nitrogens with zero attached hydrogens (tertiary/aromatic N) is 9. The standard InChI is InChI=1S/C20H13Cl3F3N3O4S.C18H9Cl3F3N3O3S.C14H10BrCl2F3N2O3S.C8H9ClN2O2.3CH4.ClH/c1-33-10-29(34(31,32)12-5-6-14(22)13(8-12)20(24,25)26)16-7-11(21)9-27-18(16)19(30)15-3-2-4-17(23)28-15;19-9-6-14(16(25-8-9)17(28)13-2-1-3-15(21)26-13)27-31(29,30)10-4-5-12(20)11(7-10)18(22,23)24;1-25-7-22(12-4-8(16)6-21-13(12)15)26(23,24)9-2-3-11(17)10(5-9)14(18,19)20;1-11(13-2)8(12)6-4-3-5-7(9)10-6;;;;/h2-9H,10H2,1H3;1-8,27H;2-6H,7H2,1H3;3-5H,1-2H3;3*1H4;1H. The van der Waals surface area contributed by atoms with E-state index in [-0.39, 0.29) is 116 Å². The lowest BCUT2D eigenvalue weighted by molar-refractivity contribution is -0.138. The number of carbonyl (C=O) groups excluding carboxylic acids is 3. The molecule has 1 N–H and O–H groups in total. The lowest BCUT2D eigenvalue weighted by atomic mass is 10.1. The maximum Gasteiger partial charge on any atom is 0.417 e. The number of alkyl halides is 9. The fraction of sp³-hybridized carbons (Fsp3) is 0.190. The Hall–Kier alpha value is -6.75. The number of carbonyl (C=O) groups is 3. The number of sulfonamides is 3. The first-order valence-corrected chi connectivity index (χ1v) is 36.0. The highest BCUT2D eigenvalue weighted by Gasteiger charge is 2.40. The molecule has 3 aromatic carbocycles. The SMILES string of the molecule is C.C.C.COCN(c1cc(Cl)cnc1Br)S(=O)(=O)c1ccc(Cl)c(C(F)(F)F)c1.COCN(c1cc(Cl)cnc1C(=O)c1cccc(Cl)n1)S(=O)(=O)c1ccc(Cl)c(C(F)(F)F)c1.CON(C)C(=O)c1cccc(Cl)n1.Cl.O=C(c1cccc(Cl)n1)c1ncc(Cl)cc1NS(=O)(=O)c1ccc(Cl)c(C(F)(F)F)c1. The molecule has 0 fully saturated rings. The highest BCUT2D eigenvalue weighted by Crippen LogP contribution is 2.41. The number of anilines is 3. The van der Waals surface area contributed by atoms with Crippen LogP contribution in [0.4, 0.5) is 56.6 Å². The molecule has 0 aliphatic rings. The fourth-order valence-corrected chi connectivity index (χ4v) is 14.1. The summed E-state index contributed by atoms with van der Waals surface area (Å²) in [5.41, 5.74) is -5.44. The summed E-state index contributed by atoms with van der Waals surface area (Å²) < 4.78 is 210. The number of benzene rings is 3. The Bertz CT molecular complexity index is 5060. The van der Waals surface area contributed by atoms with Crippen molar-refractivity contribution in [1.29, 1.82) is 0 Å². The molecule has 0 aliphatic carbocycles. The van der Waals surface area contributed by atoms with E-state index in [1.165, 1.54) is 69.9 Å². The third-order valence-corrected chi connectivity index (χ3v) is 20.5. The molecule has 0 bridgehead atoms. The number of aromatic nitrogens is 6. The van der Waals surface area contributed by atoms with Crippen LogP contribution in [0.1, 0.15) is 81.8 Å². The Labute approximate surface area is 672 Å². The van der Waals surface area contributed by atoms with Gasteiger partial charge in [-0.15, -0.1) is 12.4 Å². The van der Waals surface area contributed by atoms with Gasteiger partial charge in [0.1, 0.15) is 62.0 Å². The molecular formula is C63H54BrCl10F9N10O12S3. The van der Waals surface area contributed by atoms with E-state index in [2.05, 4.69) is 45.8 Å². The van der Waals surface area contributed by atoms with Crippen LogP contribution < -0.4 is 13.3 Å².